The molecule has 0 aliphatic heterocycles. The largest absolute Gasteiger partial charge is 0.408 e. The van der Waals surface area contributed by atoms with Crippen molar-refractivity contribution < 1.29 is 18.0 Å². The van der Waals surface area contributed by atoms with E-state index in [1.54, 1.807) is 0 Å². The van der Waals surface area contributed by atoms with Crippen LogP contribution in [0.2, 0.25) is 0 Å². The maximum Gasteiger partial charge on any atom is 0.408 e. The molecule has 18 heavy (non-hydrogen) atoms. The average Bonchev–Trinajstić information content (AvgIpc) is 2.96. The quantitative estimate of drug-likeness (QED) is 0.876. The lowest BCUT2D eigenvalue weighted by atomic mass is 9.97. The minimum Gasteiger partial charge on any atom is -0.340 e. The Hall–Kier alpha value is -1.53. The highest BCUT2D eigenvalue weighted by Gasteiger charge is 2.46. The number of alkyl halides is 3. The van der Waals surface area contributed by atoms with Crippen LogP contribution in [-0.4, -0.2) is 28.3 Å². The molecule has 2 rings (SSSR count). The zero-order chi connectivity index (χ0) is 13.2. The Morgan fingerprint density at radius 1 is 1.44 bits per heavy atom. The standard InChI is InChI=1S/C11H14F3N3O/c12-11(13,14)9(7-3-1-2-4-7)17-10(18)8-5-15-16-6-8/h5-7,9H,1-4H2,(H,15,16)(H,17,18)/t9-/m1/s1. The Morgan fingerprint density at radius 2 is 2.11 bits per heavy atom. The first-order valence-corrected chi connectivity index (χ1v) is 5.85. The summed E-state index contributed by atoms with van der Waals surface area (Å²) in [7, 11) is 0. The number of aromatic amines is 1. The molecule has 1 aromatic rings. The van der Waals surface area contributed by atoms with E-state index in [1.165, 1.54) is 12.4 Å². The number of aromatic nitrogens is 2. The number of carbonyl (C=O) groups is 1. The molecule has 1 fully saturated rings. The van der Waals surface area contributed by atoms with Gasteiger partial charge < -0.3 is 5.32 Å². The van der Waals surface area contributed by atoms with Gasteiger partial charge in [-0.25, -0.2) is 0 Å². The number of nitrogens with one attached hydrogen (secondary N) is 2. The number of carbonyl (C=O) groups excluding carboxylic acids is 1. The molecule has 0 bridgehead atoms. The van der Waals surface area contributed by atoms with Crippen LogP contribution in [0.3, 0.4) is 0 Å². The van der Waals surface area contributed by atoms with Crippen molar-refractivity contribution in [2.75, 3.05) is 0 Å². The second-order valence-electron chi connectivity index (χ2n) is 4.52. The van der Waals surface area contributed by atoms with Crippen molar-refractivity contribution in [1.82, 2.24) is 15.5 Å². The molecule has 1 saturated carbocycles. The molecule has 1 aromatic heterocycles. The number of rotatable bonds is 3. The third kappa shape index (κ3) is 2.83. The summed E-state index contributed by atoms with van der Waals surface area (Å²) in [5.74, 6) is -1.25. The van der Waals surface area contributed by atoms with Gasteiger partial charge in [0.05, 0.1) is 11.8 Å². The molecule has 4 nitrogen and oxygen atoms in total. The van der Waals surface area contributed by atoms with Gasteiger partial charge >= 0.3 is 6.18 Å². The highest BCUT2D eigenvalue weighted by atomic mass is 19.4. The number of nitrogens with zero attached hydrogens (tertiary/aromatic N) is 1. The third-order valence-corrected chi connectivity index (χ3v) is 3.27. The van der Waals surface area contributed by atoms with Gasteiger partial charge in [-0.1, -0.05) is 12.8 Å². The molecule has 1 heterocycles. The molecule has 1 aliphatic rings. The van der Waals surface area contributed by atoms with Crippen LogP contribution in [0.1, 0.15) is 36.0 Å². The number of hydrogen-bond acceptors (Lipinski definition) is 2. The summed E-state index contributed by atoms with van der Waals surface area (Å²) in [5.41, 5.74) is 0.113. The van der Waals surface area contributed by atoms with E-state index in [4.69, 9.17) is 0 Å². The van der Waals surface area contributed by atoms with Crippen molar-refractivity contribution in [2.24, 2.45) is 5.92 Å². The molecule has 0 unspecified atom stereocenters. The molecule has 2 N–H and O–H groups in total. The van der Waals surface area contributed by atoms with Crippen LogP contribution < -0.4 is 5.32 Å². The topological polar surface area (TPSA) is 57.8 Å². The van der Waals surface area contributed by atoms with Gasteiger partial charge in [0.15, 0.2) is 0 Å². The summed E-state index contributed by atoms with van der Waals surface area (Å²) >= 11 is 0. The van der Waals surface area contributed by atoms with Crippen molar-refractivity contribution in [3.8, 4) is 0 Å². The Labute approximate surface area is 102 Å². The lowest BCUT2D eigenvalue weighted by Gasteiger charge is -2.26. The fourth-order valence-electron chi connectivity index (χ4n) is 2.36. The van der Waals surface area contributed by atoms with Crippen molar-refractivity contribution in [3.63, 3.8) is 0 Å². The van der Waals surface area contributed by atoms with Crippen molar-refractivity contribution in [2.45, 2.75) is 37.9 Å². The van der Waals surface area contributed by atoms with Crippen LogP contribution in [-0.2, 0) is 0 Å². The van der Waals surface area contributed by atoms with E-state index >= 15 is 0 Å². The van der Waals surface area contributed by atoms with Gasteiger partial charge in [0, 0.05) is 6.20 Å². The van der Waals surface area contributed by atoms with Gasteiger partial charge in [-0.15, -0.1) is 0 Å². The van der Waals surface area contributed by atoms with Crippen LogP contribution >= 0.6 is 0 Å². The first-order chi connectivity index (χ1) is 8.48. The maximum absolute atomic E-state index is 12.9. The summed E-state index contributed by atoms with van der Waals surface area (Å²) in [6.07, 6.45) is 0.673. The Balaban J connectivity index is 2.08. The summed E-state index contributed by atoms with van der Waals surface area (Å²) in [6.45, 7) is 0. The molecule has 0 radical (unpaired) electrons. The minimum absolute atomic E-state index is 0.113. The van der Waals surface area contributed by atoms with Crippen LogP contribution in [0.4, 0.5) is 13.2 Å². The SMILES string of the molecule is O=C(N[C@H](C1CCCC1)C(F)(F)F)c1cn[nH]c1. The van der Waals surface area contributed by atoms with Crippen LogP contribution in [0, 0.1) is 5.92 Å². The van der Waals surface area contributed by atoms with E-state index in [0.717, 1.165) is 12.8 Å². The summed E-state index contributed by atoms with van der Waals surface area (Å²) < 4.78 is 38.8. The number of halogens is 3. The predicted octanol–water partition coefficient (Wildman–Crippen LogP) is 2.26. The van der Waals surface area contributed by atoms with Gasteiger partial charge in [0.25, 0.3) is 5.91 Å². The molecule has 0 spiro atoms. The van der Waals surface area contributed by atoms with E-state index in [-0.39, 0.29) is 5.56 Å². The fourth-order valence-corrected chi connectivity index (χ4v) is 2.36. The first-order valence-electron chi connectivity index (χ1n) is 5.85. The zero-order valence-electron chi connectivity index (χ0n) is 9.63. The van der Waals surface area contributed by atoms with Crippen molar-refractivity contribution in [1.29, 1.82) is 0 Å². The van der Waals surface area contributed by atoms with Crippen LogP contribution in [0.5, 0.6) is 0 Å². The third-order valence-electron chi connectivity index (χ3n) is 3.27. The molecular weight excluding hydrogens is 247 g/mol. The molecule has 100 valence electrons. The molecule has 7 heteroatoms. The Morgan fingerprint density at radius 3 is 2.61 bits per heavy atom. The van der Waals surface area contributed by atoms with E-state index in [0.29, 0.717) is 12.8 Å². The zero-order valence-corrected chi connectivity index (χ0v) is 9.63. The molecule has 0 saturated heterocycles. The number of H-pyrrole nitrogens is 1. The Kier molecular flexibility index (Phi) is 3.58. The van der Waals surface area contributed by atoms with Crippen LogP contribution in [0.25, 0.3) is 0 Å². The van der Waals surface area contributed by atoms with Gasteiger partial charge in [-0.3, -0.25) is 9.89 Å². The van der Waals surface area contributed by atoms with E-state index in [1.807, 2.05) is 0 Å². The van der Waals surface area contributed by atoms with E-state index < -0.39 is 24.0 Å². The second-order valence-corrected chi connectivity index (χ2v) is 4.52. The minimum atomic E-state index is -4.41. The number of hydrogen-bond donors (Lipinski definition) is 2. The monoisotopic (exact) mass is 261 g/mol. The predicted molar refractivity (Wildman–Crippen MR) is 57.9 cm³/mol. The molecule has 0 aromatic carbocycles. The van der Waals surface area contributed by atoms with Gasteiger partial charge in [-0.2, -0.15) is 18.3 Å². The molecule has 1 amide bonds. The maximum atomic E-state index is 12.9. The summed E-state index contributed by atoms with van der Waals surface area (Å²) in [4.78, 5) is 11.6. The van der Waals surface area contributed by atoms with E-state index in [9.17, 15) is 18.0 Å². The van der Waals surface area contributed by atoms with Gasteiger partial charge in [0.2, 0.25) is 0 Å². The lowest BCUT2D eigenvalue weighted by molar-refractivity contribution is -0.164. The molecule has 1 atom stereocenters. The highest BCUT2D eigenvalue weighted by Crippen LogP contribution is 2.35. The Bertz CT molecular complexity index is 396. The summed E-state index contributed by atoms with van der Waals surface area (Å²) in [5, 5.41) is 8.02. The normalized spacial score (nSPS) is 18.8. The average molecular weight is 261 g/mol. The molecular formula is C11H14F3N3O. The fraction of sp³-hybridized carbons (Fsp3) is 0.636. The van der Waals surface area contributed by atoms with Gasteiger partial charge in [0.1, 0.15) is 6.04 Å². The van der Waals surface area contributed by atoms with Crippen molar-refractivity contribution in [3.05, 3.63) is 18.0 Å². The second kappa shape index (κ2) is 4.99. The van der Waals surface area contributed by atoms with Crippen molar-refractivity contribution >= 4 is 5.91 Å². The van der Waals surface area contributed by atoms with E-state index in [2.05, 4.69) is 15.5 Å². The lowest BCUT2D eigenvalue weighted by Crippen LogP contribution is -2.49. The number of amides is 1. The van der Waals surface area contributed by atoms with Gasteiger partial charge in [-0.05, 0) is 18.8 Å². The first kappa shape index (κ1) is 12.9. The smallest absolute Gasteiger partial charge is 0.340 e. The van der Waals surface area contributed by atoms with Crippen LogP contribution in [0.15, 0.2) is 12.4 Å². The highest BCUT2D eigenvalue weighted by molar-refractivity contribution is 5.93. The summed E-state index contributed by atoms with van der Waals surface area (Å²) in [6, 6.07) is -1.76. The molecule has 1 aliphatic carbocycles.